The summed E-state index contributed by atoms with van der Waals surface area (Å²) in [6.07, 6.45) is 0.566. The average molecular weight is 300 g/mol. The Hall–Kier alpha value is -1.70. The molecule has 0 bridgehead atoms. The Labute approximate surface area is 117 Å². The Morgan fingerprint density at radius 3 is 3.05 bits per heavy atom. The maximum atomic E-state index is 10.9. The molecule has 0 aliphatic heterocycles. The lowest BCUT2D eigenvalue weighted by atomic mass is 10.2. The quantitative estimate of drug-likeness (QED) is 0.654. The number of hydrogen-bond donors (Lipinski definition) is 2. The van der Waals surface area contributed by atoms with E-state index in [1.165, 1.54) is 23.6 Å². The van der Waals surface area contributed by atoms with Gasteiger partial charge in [-0.25, -0.2) is 4.98 Å². The van der Waals surface area contributed by atoms with Crippen molar-refractivity contribution >= 4 is 34.4 Å². The average Bonchev–Trinajstić information content (AvgIpc) is 2.90. The topological polar surface area (TPSA) is 88.3 Å². The van der Waals surface area contributed by atoms with Crippen molar-refractivity contribution in [1.29, 1.82) is 0 Å². The van der Waals surface area contributed by atoms with Crippen LogP contribution in [0, 0.1) is 10.1 Å². The van der Waals surface area contributed by atoms with Gasteiger partial charge in [0.1, 0.15) is 0 Å². The third kappa shape index (κ3) is 3.40. The Bertz CT molecular complexity index is 577. The molecule has 0 fully saturated rings. The molecule has 2 N–H and O–H groups in total. The summed E-state index contributed by atoms with van der Waals surface area (Å²) < 4.78 is 0. The SMILES string of the molecule is O=[N+]([O-])c1cc(Cl)cnc1NCC(O)c1ccsc1. The van der Waals surface area contributed by atoms with Crippen molar-refractivity contribution in [3.05, 3.63) is 49.8 Å². The summed E-state index contributed by atoms with van der Waals surface area (Å²) in [6, 6.07) is 3.01. The zero-order valence-corrected chi connectivity index (χ0v) is 11.2. The summed E-state index contributed by atoms with van der Waals surface area (Å²) >= 11 is 7.13. The predicted octanol–water partition coefficient (Wildman–Crippen LogP) is 2.85. The molecule has 2 heterocycles. The van der Waals surface area contributed by atoms with Gasteiger partial charge in [-0.1, -0.05) is 11.6 Å². The molecule has 0 amide bonds. The van der Waals surface area contributed by atoms with Gasteiger partial charge in [0, 0.05) is 18.8 Å². The van der Waals surface area contributed by atoms with Gasteiger partial charge in [-0.3, -0.25) is 10.1 Å². The number of aliphatic hydroxyl groups is 1. The number of aliphatic hydroxyl groups excluding tert-OH is 1. The van der Waals surface area contributed by atoms with Gasteiger partial charge in [0.05, 0.1) is 16.0 Å². The lowest BCUT2D eigenvalue weighted by Gasteiger charge is -2.11. The minimum Gasteiger partial charge on any atom is -0.387 e. The van der Waals surface area contributed by atoms with Crippen molar-refractivity contribution in [3.63, 3.8) is 0 Å². The van der Waals surface area contributed by atoms with Crippen molar-refractivity contribution in [2.24, 2.45) is 0 Å². The van der Waals surface area contributed by atoms with Gasteiger partial charge in [-0.15, -0.1) is 0 Å². The number of aromatic nitrogens is 1. The van der Waals surface area contributed by atoms with Crippen LogP contribution in [0.3, 0.4) is 0 Å². The number of nitro groups is 1. The van der Waals surface area contributed by atoms with Crippen LogP contribution in [0.5, 0.6) is 0 Å². The number of halogens is 1. The van der Waals surface area contributed by atoms with Gasteiger partial charge in [-0.05, 0) is 22.4 Å². The molecule has 100 valence electrons. The highest BCUT2D eigenvalue weighted by Gasteiger charge is 2.17. The van der Waals surface area contributed by atoms with E-state index in [1.54, 1.807) is 6.07 Å². The monoisotopic (exact) mass is 299 g/mol. The highest BCUT2D eigenvalue weighted by molar-refractivity contribution is 7.07. The fraction of sp³-hybridized carbons (Fsp3) is 0.182. The molecule has 0 radical (unpaired) electrons. The highest BCUT2D eigenvalue weighted by atomic mass is 35.5. The van der Waals surface area contributed by atoms with Crippen LogP contribution >= 0.6 is 22.9 Å². The molecule has 19 heavy (non-hydrogen) atoms. The van der Waals surface area contributed by atoms with Crippen molar-refractivity contribution < 1.29 is 10.0 Å². The molecule has 2 aromatic heterocycles. The predicted molar refractivity (Wildman–Crippen MR) is 73.7 cm³/mol. The van der Waals surface area contributed by atoms with Crippen LogP contribution in [0.1, 0.15) is 11.7 Å². The first-order valence-electron chi connectivity index (χ1n) is 5.32. The largest absolute Gasteiger partial charge is 0.387 e. The Kier molecular flexibility index (Phi) is 4.31. The minimum absolute atomic E-state index is 0.0867. The van der Waals surface area contributed by atoms with Gasteiger partial charge >= 0.3 is 5.69 Å². The zero-order chi connectivity index (χ0) is 13.8. The second kappa shape index (κ2) is 5.96. The van der Waals surface area contributed by atoms with Crippen LogP contribution in [0.25, 0.3) is 0 Å². The fourth-order valence-corrected chi connectivity index (χ4v) is 2.34. The standard InChI is InChI=1S/C11H10ClN3O3S/c12-8-3-9(15(17)18)11(13-4-8)14-5-10(16)7-1-2-19-6-7/h1-4,6,10,16H,5H2,(H,13,14). The second-order valence-corrected chi connectivity index (χ2v) is 4.95. The molecule has 0 aliphatic carbocycles. The summed E-state index contributed by atoms with van der Waals surface area (Å²) in [5.74, 6) is 0.0867. The van der Waals surface area contributed by atoms with E-state index in [9.17, 15) is 15.2 Å². The van der Waals surface area contributed by atoms with Crippen LogP contribution in [0.4, 0.5) is 11.5 Å². The number of rotatable bonds is 5. The third-order valence-electron chi connectivity index (χ3n) is 2.42. The molecule has 2 rings (SSSR count). The smallest absolute Gasteiger partial charge is 0.312 e. The highest BCUT2D eigenvalue weighted by Crippen LogP contribution is 2.26. The summed E-state index contributed by atoms with van der Waals surface area (Å²) in [5, 5.41) is 27.3. The van der Waals surface area contributed by atoms with Crippen molar-refractivity contribution in [1.82, 2.24) is 4.98 Å². The first-order valence-corrected chi connectivity index (χ1v) is 6.64. The van der Waals surface area contributed by atoms with Crippen molar-refractivity contribution in [2.75, 3.05) is 11.9 Å². The van der Waals surface area contributed by atoms with Gasteiger partial charge in [0.15, 0.2) is 0 Å². The number of nitrogens with zero attached hydrogens (tertiary/aromatic N) is 2. The maximum absolute atomic E-state index is 10.9. The molecule has 0 aliphatic rings. The summed E-state index contributed by atoms with van der Waals surface area (Å²) in [7, 11) is 0. The summed E-state index contributed by atoms with van der Waals surface area (Å²) in [5.41, 5.74) is 0.541. The molecule has 8 heteroatoms. The zero-order valence-electron chi connectivity index (χ0n) is 9.62. The molecule has 6 nitrogen and oxygen atoms in total. The number of anilines is 1. The van der Waals surface area contributed by atoms with Crippen LogP contribution in [-0.2, 0) is 0 Å². The van der Waals surface area contributed by atoms with E-state index in [1.807, 2.05) is 10.8 Å². The van der Waals surface area contributed by atoms with Gasteiger partial charge in [-0.2, -0.15) is 11.3 Å². The van der Waals surface area contributed by atoms with E-state index in [-0.39, 0.29) is 23.1 Å². The van der Waals surface area contributed by atoms with E-state index in [0.29, 0.717) is 0 Å². The molecule has 1 atom stereocenters. The Morgan fingerprint density at radius 2 is 2.42 bits per heavy atom. The summed E-state index contributed by atoms with van der Waals surface area (Å²) in [6.45, 7) is 0.131. The minimum atomic E-state index is -0.747. The molecule has 0 saturated heterocycles. The van der Waals surface area contributed by atoms with E-state index < -0.39 is 11.0 Å². The van der Waals surface area contributed by atoms with Crippen molar-refractivity contribution in [3.8, 4) is 0 Å². The van der Waals surface area contributed by atoms with Crippen LogP contribution in [0.2, 0.25) is 5.02 Å². The van der Waals surface area contributed by atoms with Crippen LogP contribution < -0.4 is 5.32 Å². The first kappa shape index (κ1) is 13.7. The molecular weight excluding hydrogens is 290 g/mol. The van der Waals surface area contributed by atoms with E-state index in [0.717, 1.165) is 5.56 Å². The van der Waals surface area contributed by atoms with E-state index in [4.69, 9.17) is 11.6 Å². The number of hydrogen-bond acceptors (Lipinski definition) is 6. The molecule has 0 spiro atoms. The molecule has 0 saturated carbocycles. The van der Waals surface area contributed by atoms with E-state index in [2.05, 4.69) is 10.3 Å². The molecule has 1 unspecified atom stereocenters. The van der Waals surface area contributed by atoms with Crippen LogP contribution in [0.15, 0.2) is 29.1 Å². The normalized spacial score (nSPS) is 12.1. The number of thiophene rings is 1. The lowest BCUT2D eigenvalue weighted by molar-refractivity contribution is -0.384. The molecule has 2 aromatic rings. The fourth-order valence-electron chi connectivity index (χ4n) is 1.48. The summed E-state index contributed by atoms with van der Waals surface area (Å²) in [4.78, 5) is 14.1. The van der Waals surface area contributed by atoms with Gasteiger partial charge < -0.3 is 10.4 Å². The first-order chi connectivity index (χ1) is 9.08. The third-order valence-corrected chi connectivity index (χ3v) is 3.33. The number of nitrogens with one attached hydrogen (secondary N) is 1. The van der Waals surface area contributed by atoms with Gasteiger partial charge in [0.2, 0.25) is 5.82 Å². The van der Waals surface area contributed by atoms with E-state index >= 15 is 0 Å². The second-order valence-electron chi connectivity index (χ2n) is 3.73. The van der Waals surface area contributed by atoms with Crippen LogP contribution in [-0.4, -0.2) is 21.6 Å². The van der Waals surface area contributed by atoms with Crippen molar-refractivity contribution in [2.45, 2.75) is 6.10 Å². The number of pyridine rings is 1. The Morgan fingerprint density at radius 1 is 1.63 bits per heavy atom. The molecule has 0 aromatic carbocycles. The lowest BCUT2D eigenvalue weighted by Crippen LogP contribution is -2.13. The Balaban J connectivity index is 2.09. The van der Waals surface area contributed by atoms with Gasteiger partial charge in [0.25, 0.3) is 0 Å². The maximum Gasteiger partial charge on any atom is 0.312 e. The molecular formula is C11H10ClN3O3S.